The normalized spacial score (nSPS) is 11.9. The van der Waals surface area contributed by atoms with Crippen LogP contribution in [0.2, 0.25) is 0 Å². The maximum absolute atomic E-state index is 11.3. The van der Waals surface area contributed by atoms with Crippen molar-refractivity contribution in [2.75, 3.05) is 13.1 Å². The van der Waals surface area contributed by atoms with Crippen LogP contribution in [0.25, 0.3) is 0 Å². The highest BCUT2D eigenvalue weighted by Crippen LogP contribution is 2.18. The zero-order valence-electron chi connectivity index (χ0n) is 10.5. The Labute approximate surface area is 106 Å². The number of rotatable bonds is 6. The highest BCUT2D eigenvalue weighted by Gasteiger charge is 2.11. The number of nitrogens with one attached hydrogen (secondary N) is 2. The van der Waals surface area contributed by atoms with Crippen molar-refractivity contribution in [3.8, 4) is 0 Å². The van der Waals surface area contributed by atoms with Gasteiger partial charge in [0.1, 0.15) is 0 Å². The topological polar surface area (TPSA) is 84.3 Å². The summed E-state index contributed by atoms with van der Waals surface area (Å²) in [4.78, 5) is 21.5. The van der Waals surface area contributed by atoms with Gasteiger partial charge in [-0.15, -0.1) is 0 Å². The number of hydrogen-bond donors (Lipinski definition) is 2. The number of likely N-dealkylation sites (N-methyl/N-ethyl adjacent to an activating group) is 1. The number of nitro benzene ring substituents is 1. The van der Waals surface area contributed by atoms with Crippen LogP contribution in [0.4, 0.5) is 5.69 Å². The fourth-order valence-electron chi connectivity index (χ4n) is 1.53. The Hall–Kier alpha value is -1.95. The number of carbonyl (C=O) groups excluding carboxylic acids is 1. The second kappa shape index (κ2) is 6.70. The smallest absolute Gasteiger partial charge is 0.269 e. The zero-order valence-corrected chi connectivity index (χ0v) is 10.5. The highest BCUT2D eigenvalue weighted by molar-refractivity contribution is 5.77. The standard InChI is InChI=1S/C12H17N3O3/c1-3-13-12(16)8-14-9(2)10-5-4-6-11(7-10)15(17)18/h4-7,9,14H,3,8H2,1-2H3,(H,13,16). The van der Waals surface area contributed by atoms with Crippen LogP contribution in [-0.4, -0.2) is 23.9 Å². The van der Waals surface area contributed by atoms with Crippen molar-refractivity contribution < 1.29 is 9.72 Å². The van der Waals surface area contributed by atoms with E-state index in [1.54, 1.807) is 12.1 Å². The molecule has 0 saturated heterocycles. The predicted octanol–water partition coefficient (Wildman–Crippen LogP) is 1.38. The first-order valence-electron chi connectivity index (χ1n) is 5.79. The lowest BCUT2D eigenvalue weighted by atomic mass is 10.1. The van der Waals surface area contributed by atoms with E-state index in [-0.39, 0.29) is 24.2 Å². The largest absolute Gasteiger partial charge is 0.355 e. The van der Waals surface area contributed by atoms with Gasteiger partial charge >= 0.3 is 0 Å². The van der Waals surface area contributed by atoms with Gasteiger partial charge in [-0.2, -0.15) is 0 Å². The molecule has 0 radical (unpaired) electrons. The van der Waals surface area contributed by atoms with Gasteiger partial charge in [-0.05, 0) is 19.4 Å². The molecule has 0 spiro atoms. The van der Waals surface area contributed by atoms with E-state index in [2.05, 4.69) is 10.6 Å². The fourth-order valence-corrected chi connectivity index (χ4v) is 1.53. The minimum atomic E-state index is -0.431. The molecule has 2 N–H and O–H groups in total. The number of benzene rings is 1. The molecule has 0 aliphatic carbocycles. The molecule has 1 aromatic carbocycles. The van der Waals surface area contributed by atoms with Gasteiger partial charge in [0.2, 0.25) is 5.91 Å². The first kappa shape index (κ1) is 14.1. The van der Waals surface area contributed by atoms with Gasteiger partial charge in [0.25, 0.3) is 5.69 Å². The van der Waals surface area contributed by atoms with Crippen molar-refractivity contribution in [3.63, 3.8) is 0 Å². The molecule has 1 rings (SSSR count). The van der Waals surface area contributed by atoms with Crippen LogP contribution < -0.4 is 10.6 Å². The van der Waals surface area contributed by atoms with Crippen molar-refractivity contribution in [3.05, 3.63) is 39.9 Å². The number of hydrogen-bond acceptors (Lipinski definition) is 4. The molecule has 0 bridgehead atoms. The molecule has 18 heavy (non-hydrogen) atoms. The summed E-state index contributed by atoms with van der Waals surface area (Å²) in [5, 5.41) is 16.3. The van der Waals surface area contributed by atoms with E-state index in [1.165, 1.54) is 12.1 Å². The molecular formula is C12H17N3O3. The molecule has 0 heterocycles. The maximum atomic E-state index is 11.3. The Bertz CT molecular complexity index is 434. The van der Waals surface area contributed by atoms with Crippen LogP contribution in [-0.2, 0) is 4.79 Å². The third-order valence-corrected chi connectivity index (χ3v) is 2.52. The van der Waals surface area contributed by atoms with Crippen LogP contribution in [0.1, 0.15) is 25.5 Å². The Morgan fingerprint density at radius 2 is 2.22 bits per heavy atom. The van der Waals surface area contributed by atoms with E-state index in [0.717, 1.165) is 5.56 Å². The van der Waals surface area contributed by atoms with Gasteiger partial charge in [0, 0.05) is 24.7 Å². The Morgan fingerprint density at radius 1 is 1.50 bits per heavy atom. The van der Waals surface area contributed by atoms with Gasteiger partial charge in [0.15, 0.2) is 0 Å². The summed E-state index contributed by atoms with van der Waals surface area (Å²) in [7, 11) is 0. The Kier molecular flexibility index (Phi) is 5.26. The van der Waals surface area contributed by atoms with E-state index in [4.69, 9.17) is 0 Å². The van der Waals surface area contributed by atoms with Crippen molar-refractivity contribution in [1.29, 1.82) is 0 Å². The second-order valence-corrected chi connectivity index (χ2v) is 3.91. The van der Waals surface area contributed by atoms with E-state index in [0.29, 0.717) is 6.54 Å². The predicted molar refractivity (Wildman–Crippen MR) is 68.2 cm³/mol. The number of carbonyl (C=O) groups is 1. The van der Waals surface area contributed by atoms with Gasteiger partial charge in [-0.25, -0.2) is 0 Å². The van der Waals surface area contributed by atoms with E-state index in [1.807, 2.05) is 13.8 Å². The average Bonchev–Trinajstić information content (AvgIpc) is 2.36. The summed E-state index contributed by atoms with van der Waals surface area (Å²) >= 11 is 0. The molecule has 0 saturated carbocycles. The van der Waals surface area contributed by atoms with Crippen molar-refractivity contribution in [2.45, 2.75) is 19.9 Å². The molecule has 0 aromatic heterocycles. The summed E-state index contributed by atoms with van der Waals surface area (Å²) in [6, 6.07) is 6.27. The summed E-state index contributed by atoms with van der Waals surface area (Å²) in [6.07, 6.45) is 0. The van der Waals surface area contributed by atoms with Crippen LogP contribution in [0, 0.1) is 10.1 Å². The molecule has 6 heteroatoms. The van der Waals surface area contributed by atoms with Crippen LogP contribution in [0.5, 0.6) is 0 Å². The summed E-state index contributed by atoms with van der Waals surface area (Å²) in [5.74, 6) is -0.0882. The van der Waals surface area contributed by atoms with Gasteiger partial charge in [0.05, 0.1) is 11.5 Å². The lowest BCUT2D eigenvalue weighted by Crippen LogP contribution is -2.34. The minimum Gasteiger partial charge on any atom is -0.355 e. The van der Waals surface area contributed by atoms with Crippen molar-refractivity contribution >= 4 is 11.6 Å². The summed E-state index contributed by atoms with van der Waals surface area (Å²) in [6.45, 7) is 4.49. The lowest BCUT2D eigenvalue weighted by molar-refractivity contribution is -0.384. The van der Waals surface area contributed by atoms with Crippen LogP contribution in [0.15, 0.2) is 24.3 Å². The number of nitrogens with zero attached hydrogens (tertiary/aromatic N) is 1. The first-order chi connectivity index (χ1) is 8.54. The Morgan fingerprint density at radius 3 is 2.83 bits per heavy atom. The van der Waals surface area contributed by atoms with Gasteiger partial charge in [-0.3, -0.25) is 14.9 Å². The molecule has 1 atom stereocenters. The molecule has 1 unspecified atom stereocenters. The SMILES string of the molecule is CCNC(=O)CNC(C)c1cccc([N+](=O)[O-])c1. The monoisotopic (exact) mass is 251 g/mol. The lowest BCUT2D eigenvalue weighted by Gasteiger charge is -2.13. The summed E-state index contributed by atoms with van der Waals surface area (Å²) < 4.78 is 0. The van der Waals surface area contributed by atoms with Gasteiger partial charge in [-0.1, -0.05) is 12.1 Å². The third-order valence-electron chi connectivity index (χ3n) is 2.52. The molecule has 1 aromatic rings. The van der Waals surface area contributed by atoms with E-state index in [9.17, 15) is 14.9 Å². The highest BCUT2D eigenvalue weighted by atomic mass is 16.6. The second-order valence-electron chi connectivity index (χ2n) is 3.91. The number of nitro groups is 1. The summed E-state index contributed by atoms with van der Waals surface area (Å²) in [5.41, 5.74) is 0.840. The number of amides is 1. The van der Waals surface area contributed by atoms with Crippen molar-refractivity contribution in [1.82, 2.24) is 10.6 Å². The molecule has 6 nitrogen and oxygen atoms in total. The van der Waals surface area contributed by atoms with Crippen molar-refractivity contribution in [2.24, 2.45) is 0 Å². The minimum absolute atomic E-state index is 0.0548. The number of non-ortho nitro benzene ring substituents is 1. The quantitative estimate of drug-likeness (QED) is 0.591. The Balaban J connectivity index is 2.61. The van der Waals surface area contributed by atoms with Gasteiger partial charge < -0.3 is 10.6 Å². The van der Waals surface area contributed by atoms with Crippen LogP contribution >= 0.6 is 0 Å². The fraction of sp³-hybridized carbons (Fsp3) is 0.417. The molecule has 0 fully saturated rings. The molecule has 0 aliphatic rings. The first-order valence-corrected chi connectivity index (χ1v) is 5.79. The molecule has 1 amide bonds. The molecule has 0 aliphatic heterocycles. The van der Waals surface area contributed by atoms with Crippen LogP contribution in [0.3, 0.4) is 0 Å². The average molecular weight is 251 g/mol. The van der Waals surface area contributed by atoms with E-state index >= 15 is 0 Å². The third kappa shape index (κ3) is 4.14. The maximum Gasteiger partial charge on any atom is 0.269 e. The van der Waals surface area contributed by atoms with E-state index < -0.39 is 4.92 Å². The zero-order chi connectivity index (χ0) is 13.5. The molecular weight excluding hydrogens is 234 g/mol. The molecule has 98 valence electrons.